The molecule has 3 heteroatoms. The second-order valence-electron chi connectivity index (χ2n) is 5.14. The summed E-state index contributed by atoms with van der Waals surface area (Å²) in [6.07, 6.45) is 0. The molecule has 0 fully saturated rings. The van der Waals surface area contributed by atoms with Crippen molar-refractivity contribution in [1.82, 2.24) is 0 Å². The SMILES string of the molecule is COc1ccc2c(-c3ccc(C)c(C)c3)cc(=O)oc2c1. The van der Waals surface area contributed by atoms with E-state index in [0.717, 1.165) is 16.5 Å². The van der Waals surface area contributed by atoms with Crippen LogP contribution in [0, 0.1) is 13.8 Å². The molecule has 1 heterocycles. The number of aryl methyl sites for hydroxylation is 2. The van der Waals surface area contributed by atoms with E-state index in [1.165, 1.54) is 11.1 Å². The van der Waals surface area contributed by atoms with Crippen LogP contribution in [0.1, 0.15) is 11.1 Å². The Morgan fingerprint density at radius 2 is 1.76 bits per heavy atom. The number of hydrogen-bond donors (Lipinski definition) is 0. The zero-order valence-electron chi connectivity index (χ0n) is 12.3. The Morgan fingerprint density at radius 1 is 0.952 bits per heavy atom. The monoisotopic (exact) mass is 280 g/mol. The van der Waals surface area contributed by atoms with E-state index < -0.39 is 0 Å². The fraction of sp³-hybridized carbons (Fsp3) is 0.167. The van der Waals surface area contributed by atoms with Crippen molar-refractivity contribution in [3.63, 3.8) is 0 Å². The Labute approximate surface area is 122 Å². The van der Waals surface area contributed by atoms with Gasteiger partial charge in [-0.25, -0.2) is 4.79 Å². The molecule has 2 aromatic carbocycles. The fourth-order valence-corrected chi connectivity index (χ4v) is 2.42. The van der Waals surface area contributed by atoms with Gasteiger partial charge in [-0.3, -0.25) is 0 Å². The minimum atomic E-state index is -0.357. The Kier molecular flexibility index (Phi) is 3.26. The van der Waals surface area contributed by atoms with E-state index in [2.05, 4.69) is 26.0 Å². The Bertz CT molecular complexity index is 875. The minimum absolute atomic E-state index is 0.357. The van der Waals surface area contributed by atoms with Crippen LogP contribution in [0.3, 0.4) is 0 Å². The van der Waals surface area contributed by atoms with Crippen molar-refractivity contribution in [3.05, 3.63) is 64.0 Å². The standard InChI is InChI=1S/C18H16O3/c1-11-4-5-13(8-12(11)2)16-10-18(19)21-17-9-14(20-3)6-7-15(16)17/h4-10H,1-3H3. The molecule has 1 aromatic heterocycles. The molecule has 0 spiro atoms. The highest BCUT2D eigenvalue weighted by Gasteiger charge is 2.09. The molecular weight excluding hydrogens is 264 g/mol. The molecule has 3 nitrogen and oxygen atoms in total. The van der Waals surface area contributed by atoms with Crippen LogP contribution < -0.4 is 10.4 Å². The Hall–Kier alpha value is -2.55. The lowest BCUT2D eigenvalue weighted by molar-refractivity contribution is 0.414. The van der Waals surface area contributed by atoms with Gasteiger partial charge >= 0.3 is 5.63 Å². The van der Waals surface area contributed by atoms with E-state index in [-0.39, 0.29) is 5.63 Å². The molecule has 0 aliphatic heterocycles. The van der Waals surface area contributed by atoms with Crippen molar-refractivity contribution >= 4 is 11.0 Å². The largest absolute Gasteiger partial charge is 0.497 e. The van der Waals surface area contributed by atoms with Crippen molar-refractivity contribution in [2.75, 3.05) is 7.11 Å². The van der Waals surface area contributed by atoms with Gasteiger partial charge in [0.2, 0.25) is 0 Å². The highest BCUT2D eigenvalue weighted by Crippen LogP contribution is 2.30. The highest BCUT2D eigenvalue weighted by atomic mass is 16.5. The van der Waals surface area contributed by atoms with Crippen LogP contribution in [0.4, 0.5) is 0 Å². The van der Waals surface area contributed by atoms with E-state index in [0.29, 0.717) is 11.3 Å². The van der Waals surface area contributed by atoms with Gasteiger partial charge in [0.05, 0.1) is 7.11 Å². The first-order valence-corrected chi connectivity index (χ1v) is 6.78. The topological polar surface area (TPSA) is 39.4 Å². The van der Waals surface area contributed by atoms with E-state index in [9.17, 15) is 4.79 Å². The van der Waals surface area contributed by atoms with Gasteiger partial charge in [-0.05, 0) is 48.2 Å². The molecule has 3 aromatic rings. The minimum Gasteiger partial charge on any atom is -0.497 e. The maximum absolute atomic E-state index is 11.8. The van der Waals surface area contributed by atoms with Crippen molar-refractivity contribution in [2.45, 2.75) is 13.8 Å². The quantitative estimate of drug-likeness (QED) is 0.664. The number of hydrogen-bond acceptors (Lipinski definition) is 3. The van der Waals surface area contributed by atoms with Crippen LogP contribution in [0.5, 0.6) is 5.75 Å². The van der Waals surface area contributed by atoms with E-state index >= 15 is 0 Å². The van der Waals surface area contributed by atoms with Crippen LogP contribution in [0.2, 0.25) is 0 Å². The number of rotatable bonds is 2. The molecule has 0 amide bonds. The first-order valence-electron chi connectivity index (χ1n) is 6.78. The summed E-state index contributed by atoms with van der Waals surface area (Å²) in [5, 5.41) is 0.902. The molecular formula is C18H16O3. The maximum atomic E-state index is 11.8. The van der Waals surface area contributed by atoms with Gasteiger partial charge in [-0.2, -0.15) is 0 Å². The highest BCUT2D eigenvalue weighted by molar-refractivity contribution is 5.93. The van der Waals surface area contributed by atoms with Crippen molar-refractivity contribution in [2.24, 2.45) is 0 Å². The summed E-state index contributed by atoms with van der Waals surface area (Å²) in [5.41, 5.74) is 4.50. The summed E-state index contributed by atoms with van der Waals surface area (Å²) in [4.78, 5) is 11.8. The normalized spacial score (nSPS) is 10.8. The van der Waals surface area contributed by atoms with Crippen molar-refractivity contribution in [3.8, 4) is 16.9 Å². The smallest absolute Gasteiger partial charge is 0.336 e. The summed E-state index contributed by atoms with van der Waals surface area (Å²) < 4.78 is 10.5. The van der Waals surface area contributed by atoms with Gasteiger partial charge in [0.1, 0.15) is 11.3 Å². The average molecular weight is 280 g/mol. The van der Waals surface area contributed by atoms with Crippen LogP contribution >= 0.6 is 0 Å². The third kappa shape index (κ3) is 2.42. The van der Waals surface area contributed by atoms with Gasteiger partial charge in [-0.1, -0.05) is 18.2 Å². The van der Waals surface area contributed by atoms with Gasteiger partial charge in [0.25, 0.3) is 0 Å². The van der Waals surface area contributed by atoms with E-state index in [1.807, 2.05) is 18.2 Å². The molecule has 0 saturated carbocycles. The van der Waals surface area contributed by atoms with Gasteiger partial charge in [-0.15, -0.1) is 0 Å². The predicted octanol–water partition coefficient (Wildman–Crippen LogP) is 4.09. The van der Waals surface area contributed by atoms with Gasteiger partial charge in [0, 0.05) is 17.5 Å². The summed E-state index contributed by atoms with van der Waals surface area (Å²) in [7, 11) is 1.59. The lowest BCUT2D eigenvalue weighted by Gasteiger charge is -2.09. The van der Waals surface area contributed by atoms with E-state index in [1.54, 1.807) is 19.2 Å². The molecule has 0 bridgehead atoms. The second kappa shape index (κ2) is 5.09. The predicted molar refractivity (Wildman–Crippen MR) is 83.9 cm³/mol. The lowest BCUT2D eigenvalue weighted by Crippen LogP contribution is -1.98. The molecule has 3 rings (SSSR count). The van der Waals surface area contributed by atoms with E-state index in [4.69, 9.17) is 9.15 Å². The second-order valence-corrected chi connectivity index (χ2v) is 5.14. The molecule has 0 aliphatic rings. The van der Waals surface area contributed by atoms with Crippen LogP contribution in [-0.2, 0) is 0 Å². The zero-order valence-corrected chi connectivity index (χ0v) is 12.3. The molecule has 106 valence electrons. The Balaban J connectivity index is 2.31. The molecule has 0 atom stereocenters. The summed E-state index contributed by atoms with van der Waals surface area (Å²) in [6.45, 7) is 4.14. The summed E-state index contributed by atoms with van der Waals surface area (Å²) in [5.74, 6) is 0.669. The molecule has 0 unspecified atom stereocenters. The van der Waals surface area contributed by atoms with Crippen LogP contribution in [0.25, 0.3) is 22.1 Å². The number of fused-ring (bicyclic) bond motifs is 1. The van der Waals surface area contributed by atoms with Crippen LogP contribution in [0.15, 0.2) is 51.7 Å². The van der Waals surface area contributed by atoms with Gasteiger partial charge in [0.15, 0.2) is 0 Å². The third-order valence-electron chi connectivity index (χ3n) is 3.77. The third-order valence-corrected chi connectivity index (χ3v) is 3.77. The van der Waals surface area contributed by atoms with Crippen LogP contribution in [-0.4, -0.2) is 7.11 Å². The summed E-state index contributed by atoms with van der Waals surface area (Å²) in [6, 6.07) is 13.2. The first kappa shape index (κ1) is 13.4. The van der Waals surface area contributed by atoms with Crippen molar-refractivity contribution in [1.29, 1.82) is 0 Å². The number of ether oxygens (including phenoxy) is 1. The molecule has 21 heavy (non-hydrogen) atoms. The molecule has 0 saturated heterocycles. The molecule has 0 aliphatic carbocycles. The maximum Gasteiger partial charge on any atom is 0.336 e. The molecule has 0 radical (unpaired) electrons. The summed E-state index contributed by atoms with van der Waals surface area (Å²) >= 11 is 0. The Morgan fingerprint density at radius 3 is 2.48 bits per heavy atom. The average Bonchev–Trinajstić information content (AvgIpc) is 2.48. The first-order chi connectivity index (χ1) is 10.1. The lowest BCUT2D eigenvalue weighted by atomic mass is 9.98. The molecule has 0 N–H and O–H groups in total. The van der Waals surface area contributed by atoms with Crippen molar-refractivity contribution < 1.29 is 9.15 Å². The van der Waals surface area contributed by atoms with Gasteiger partial charge < -0.3 is 9.15 Å². The number of methoxy groups -OCH3 is 1. The number of benzene rings is 2. The zero-order chi connectivity index (χ0) is 15.0. The fourth-order valence-electron chi connectivity index (χ4n) is 2.42.